The fourth-order valence-corrected chi connectivity index (χ4v) is 12.2. The number of hydrogen-bond acceptors (Lipinski definition) is 1. The number of hydrogen-bond donors (Lipinski definition) is 0. The SMILES string of the molecule is CP(c1ccccc1)(c1ccccc1)(c1ccccc1)c1cn(C(c2ccccc2)(c2ccccc2)c2ccccc2)cn1.Cl. The molecule has 0 saturated carbocycles. The maximum absolute atomic E-state index is 5.45. The average Bonchev–Trinajstić information content (AvgIpc) is 3.63. The van der Waals surface area contributed by atoms with Crippen LogP contribution in [0.25, 0.3) is 0 Å². The number of nitrogens with zero attached hydrogens (tertiary/aromatic N) is 2. The smallest absolute Gasteiger partial charge is 0.147 e. The van der Waals surface area contributed by atoms with E-state index >= 15 is 0 Å². The van der Waals surface area contributed by atoms with E-state index in [1.54, 1.807) is 0 Å². The van der Waals surface area contributed by atoms with Crippen molar-refractivity contribution in [2.45, 2.75) is 5.54 Å². The predicted molar refractivity (Wildman–Crippen MR) is 195 cm³/mol. The molecule has 222 valence electrons. The summed E-state index contributed by atoms with van der Waals surface area (Å²) in [5.41, 5.74) is 3.96. The van der Waals surface area contributed by atoms with Crippen LogP contribution in [0.3, 0.4) is 0 Å². The largest absolute Gasteiger partial charge is 0.147 e. The van der Waals surface area contributed by atoms with Gasteiger partial charge in [0.25, 0.3) is 0 Å². The molecule has 1 aromatic heterocycles. The minimum absolute atomic E-state index is 0. The van der Waals surface area contributed by atoms with Crippen LogP contribution in [0, 0.1) is 0 Å². The molecule has 0 radical (unpaired) electrons. The molecule has 0 N–H and O–H groups in total. The second kappa shape index (κ2) is 12.3. The molecular formula is C41H36ClN2P. The first kappa shape index (κ1) is 30.3. The fraction of sp³-hybridized carbons (Fsp3) is 0.0488. The summed E-state index contributed by atoms with van der Waals surface area (Å²) in [6.07, 6.45) is 4.39. The van der Waals surface area contributed by atoms with Crippen molar-refractivity contribution in [3.05, 3.63) is 211 Å². The standard InChI is InChI=1S/C41H35N2P.ClH/c1-44(37-26-14-5-15-27-37,38-28-16-6-17-29-38,39-30-18-7-19-31-39)40-32-43(33-42-40)41(34-20-8-2-9-21-34,35-22-10-3-11-23-35)36-24-12-4-13-25-36;/h2-33H,1H3;1H. The summed E-state index contributed by atoms with van der Waals surface area (Å²) in [6, 6.07) is 65.4. The van der Waals surface area contributed by atoms with Crippen molar-refractivity contribution in [2.75, 3.05) is 6.66 Å². The second-order valence-electron chi connectivity index (χ2n) is 11.5. The summed E-state index contributed by atoms with van der Waals surface area (Å²) in [4.78, 5) is 5.45. The van der Waals surface area contributed by atoms with Gasteiger partial charge in [-0.3, -0.25) is 0 Å². The van der Waals surface area contributed by atoms with Crippen LogP contribution in [0.1, 0.15) is 16.7 Å². The fourth-order valence-electron chi connectivity index (χ4n) is 7.02. The summed E-state index contributed by atoms with van der Waals surface area (Å²) in [6.45, 7) is -0.860. The van der Waals surface area contributed by atoms with Gasteiger partial charge in [-0.15, -0.1) is 12.4 Å². The first-order valence-electron chi connectivity index (χ1n) is 15.1. The number of halogens is 1. The van der Waals surface area contributed by atoms with Crippen LogP contribution in [0.2, 0.25) is 0 Å². The quantitative estimate of drug-likeness (QED) is 0.124. The van der Waals surface area contributed by atoms with Crippen LogP contribution in [0.5, 0.6) is 0 Å². The Hall–Kier alpha value is -4.75. The van der Waals surface area contributed by atoms with Crippen molar-refractivity contribution in [3.63, 3.8) is 0 Å². The minimum Gasteiger partial charge on any atom is -0.147 e. The Kier molecular flexibility index (Phi) is 8.30. The van der Waals surface area contributed by atoms with Crippen LogP contribution in [0.4, 0.5) is 0 Å². The van der Waals surface area contributed by atoms with Crippen molar-refractivity contribution < 1.29 is 0 Å². The van der Waals surface area contributed by atoms with Gasteiger partial charge in [0.1, 0.15) is 0 Å². The molecule has 0 bridgehead atoms. The molecule has 0 aliphatic heterocycles. The Labute approximate surface area is 272 Å². The summed E-state index contributed by atoms with van der Waals surface area (Å²) in [5, 5.41) is 3.85. The third-order valence-corrected chi connectivity index (χ3v) is 15.5. The molecule has 7 aromatic rings. The Morgan fingerprint density at radius 2 is 0.733 bits per heavy atom. The van der Waals surface area contributed by atoms with E-state index in [-0.39, 0.29) is 12.4 Å². The average molecular weight is 623 g/mol. The van der Waals surface area contributed by atoms with E-state index in [4.69, 9.17) is 4.98 Å². The van der Waals surface area contributed by atoms with E-state index in [2.05, 4.69) is 206 Å². The topological polar surface area (TPSA) is 17.8 Å². The molecule has 0 atom stereocenters. The van der Waals surface area contributed by atoms with E-state index in [9.17, 15) is 0 Å². The molecule has 7 rings (SSSR count). The van der Waals surface area contributed by atoms with E-state index in [1.807, 2.05) is 0 Å². The zero-order chi connectivity index (χ0) is 29.9. The van der Waals surface area contributed by atoms with E-state index < -0.39 is 12.1 Å². The molecule has 0 amide bonds. The normalized spacial score (nSPS) is 12.4. The van der Waals surface area contributed by atoms with Crippen LogP contribution >= 0.6 is 19.0 Å². The minimum atomic E-state index is -3.33. The van der Waals surface area contributed by atoms with E-state index in [0.717, 1.165) is 5.44 Å². The molecule has 0 aliphatic rings. The van der Waals surface area contributed by atoms with E-state index in [0.29, 0.717) is 0 Å². The summed E-state index contributed by atoms with van der Waals surface area (Å²) in [5.74, 6) is 0. The van der Waals surface area contributed by atoms with Gasteiger partial charge in [0.15, 0.2) is 0 Å². The van der Waals surface area contributed by atoms with Crippen LogP contribution in [0.15, 0.2) is 195 Å². The van der Waals surface area contributed by atoms with Gasteiger partial charge in [0.05, 0.1) is 0 Å². The van der Waals surface area contributed by atoms with Gasteiger partial charge in [0, 0.05) is 0 Å². The molecule has 4 heteroatoms. The van der Waals surface area contributed by atoms with Crippen molar-refractivity contribution in [2.24, 2.45) is 0 Å². The van der Waals surface area contributed by atoms with Gasteiger partial charge in [-0.1, -0.05) is 0 Å². The van der Waals surface area contributed by atoms with Gasteiger partial charge in [0.2, 0.25) is 0 Å². The van der Waals surface area contributed by atoms with Gasteiger partial charge in [-0.05, 0) is 0 Å². The second-order valence-corrected chi connectivity index (χ2v) is 16.7. The van der Waals surface area contributed by atoms with E-state index in [1.165, 1.54) is 32.6 Å². The van der Waals surface area contributed by atoms with Crippen LogP contribution < -0.4 is 21.3 Å². The van der Waals surface area contributed by atoms with Gasteiger partial charge >= 0.3 is 261 Å². The summed E-state index contributed by atoms with van der Waals surface area (Å²) >= 11 is 0. The van der Waals surface area contributed by atoms with Gasteiger partial charge in [-0.2, -0.15) is 0 Å². The third kappa shape index (κ3) is 4.65. The number of imidazole rings is 1. The van der Waals surface area contributed by atoms with Crippen molar-refractivity contribution in [1.29, 1.82) is 0 Å². The van der Waals surface area contributed by atoms with Crippen molar-refractivity contribution in [1.82, 2.24) is 9.55 Å². The molecule has 6 aromatic carbocycles. The Morgan fingerprint density at radius 3 is 1.04 bits per heavy atom. The first-order valence-corrected chi connectivity index (χ1v) is 17.7. The Balaban J connectivity index is 0.00000357. The molecule has 0 fully saturated rings. The van der Waals surface area contributed by atoms with Crippen molar-refractivity contribution in [3.8, 4) is 0 Å². The summed E-state index contributed by atoms with van der Waals surface area (Å²) in [7, 11) is 0. The monoisotopic (exact) mass is 622 g/mol. The maximum Gasteiger partial charge on any atom is -0.147 e. The molecule has 1 heterocycles. The number of rotatable bonds is 8. The van der Waals surface area contributed by atoms with Crippen molar-refractivity contribution >= 4 is 40.4 Å². The molecule has 0 saturated heterocycles. The molecule has 0 unspecified atom stereocenters. The number of aromatic nitrogens is 2. The summed E-state index contributed by atoms with van der Waals surface area (Å²) < 4.78 is 2.35. The molecule has 2 nitrogen and oxygen atoms in total. The van der Waals surface area contributed by atoms with Crippen LogP contribution in [-0.4, -0.2) is 16.2 Å². The predicted octanol–water partition coefficient (Wildman–Crippen LogP) is 7.93. The van der Waals surface area contributed by atoms with Crippen LogP contribution in [-0.2, 0) is 5.54 Å². The Morgan fingerprint density at radius 1 is 0.444 bits per heavy atom. The molecule has 0 aliphatic carbocycles. The molecular weight excluding hydrogens is 587 g/mol. The Bertz CT molecular complexity index is 1770. The molecule has 0 spiro atoms. The zero-order valence-electron chi connectivity index (χ0n) is 25.2. The third-order valence-electron chi connectivity index (χ3n) is 9.31. The zero-order valence-corrected chi connectivity index (χ0v) is 26.9. The number of benzene rings is 6. The van der Waals surface area contributed by atoms with Gasteiger partial charge < -0.3 is 0 Å². The maximum atomic E-state index is 5.45. The van der Waals surface area contributed by atoms with Gasteiger partial charge in [-0.25, -0.2) is 0 Å². The molecule has 45 heavy (non-hydrogen) atoms. The first-order chi connectivity index (χ1) is 21.7.